The molecule has 2 N–H and O–H groups in total. The summed E-state index contributed by atoms with van der Waals surface area (Å²) in [6.45, 7) is 4.90. The molecular formula is C20H28N6O4S. The molecule has 1 amide bonds. The molecule has 1 aliphatic rings. The van der Waals surface area contributed by atoms with Crippen molar-refractivity contribution in [3.8, 4) is 0 Å². The Balaban J connectivity index is 1.63. The summed E-state index contributed by atoms with van der Waals surface area (Å²) in [7, 11) is -1.85. The number of piperazine rings is 1. The fraction of sp³-hybridized carbons (Fsp3) is 0.450. The second-order valence-electron chi connectivity index (χ2n) is 7.08. The molecule has 2 aromatic rings. The molecule has 0 bridgehead atoms. The Morgan fingerprint density at radius 2 is 2.00 bits per heavy atom. The third-order valence-electron chi connectivity index (χ3n) is 4.92. The summed E-state index contributed by atoms with van der Waals surface area (Å²) in [6.07, 6.45) is 1.37. The Bertz CT molecular complexity index is 998. The number of sulfonamides is 1. The number of hydrogen-bond acceptors (Lipinski definition) is 6. The van der Waals surface area contributed by atoms with Crippen LogP contribution >= 0.6 is 0 Å². The monoisotopic (exact) mass is 448 g/mol. The zero-order valence-electron chi connectivity index (χ0n) is 17.7. The van der Waals surface area contributed by atoms with Crippen LogP contribution in [0.1, 0.15) is 28.5 Å². The number of carbonyl (C=O) groups is 1. The van der Waals surface area contributed by atoms with Crippen molar-refractivity contribution in [2.75, 3.05) is 39.8 Å². The van der Waals surface area contributed by atoms with E-state index in [1.54, 1.807) is 19.2 Å². The van der Waals surface area contributed by atoms with Crippen LogP contribution in [0.25, 0.3) is 0 Å². The molecule has 1 fully saturated rings. The number of carbonyl (C=O) groups excluding carboxylic acids is 1. The van der Waals surface area contributed by atoms with E-state index in [1.807, 2.05) is 30.0 Å². The Hall–Kier alpha value is -2.92. The quantitative estimate of drug-likeness (QED) is 0.471. The van der Waals surface area contributed by atoms with Gasteiger partial charge in [0.2, 0.25) is 10.0 Å². The Morgan fingerprint density at radius 3 is 2.65 bits per heavy atom. The lowest BCUT2D eigenvalue weighted by atomic mass is 10.1. The second-order valence-corrected chi connectivity index (χ2v) is 9.05. The van der Waals surface area contributed by atoms with Crippen molar-refractivity contribution in [3.05, 3.63) is 53.4 Å². The van der Waals surface area contributed by atoms with Crippen molar-refractivity contribution in [1.82, 2.24) is 25.0 Å². The van der Waals surface area contributed by atoms with Gasteiger partial charge in [0.1, 0.15) is 12.0 Å². The van der Waals surface area contributed by atoms with Crippen molar-refractivity contribution < 1.29 is 17.7 Å². The number of nitrogens with one attached hydrogen (secondary N) is 2. The first-order valence-corrected chi connectivity index (χ1v) is 11.7. The van der Waals surface area contributed by atoms with Gasteiger partial charge in [0, 0.05) is 51.4 Å². The zero-order chi connectivity index (χ0) is 22.3. The van der Waals surface area contributed by atoms with E-state index in [9.17, 15) is 13.2 Å². The standard InChI is InChI=1S/C20H28N6O4S/c1-3-22-20(23-14-16-5-4-6-17(13-16)19(27)21-2)25-8-10-26(11-9-25)31(28,29)15-18-7-12-30-24-18/h4-7,12-13H,3,8-11,14-15H2,1-2H3,(H,21,27)(H,22,23). The Labute approximate surface area is 182 Å². The molecule has 10 nitrogen and oxygen atoms in total. The number of aromatic nitrogens is 1. The van der Waals surface area contributed by atoms with Crippen LogP contribution in [0.2, 0.25) is 0 Å². The molecule has 0 aliphatic carbocycles. The molecule has 1 aromatic carbocycles. The summed E-state index contributed by atoms with van der Waals surface area (Å²) in [5.41, 5.74) is 1.91. The summed E-state index contributed by atoms with van der Waals surface area (Å²) < 4.78 is 31.5. The highest BCUT2D eigenvalue weighted by Crippen LogP contribution is 2.13. The van der Waals surface area contributed by atoms with Crippen LogP contribution in [-0.4, -0.2) is 74.4 Å². The lowest BCUT2D eigenvalue weighted by molar-refractivity contribution is 0.0963. The summed E-state index contributed by atoms with van der Waals surface area (Å²) in [6, 6.07) is 8.90. The number of aliphatic imine (C=N–C) groups is 1. The molecule has 1 aromatic heterocycles. The molecule has 11 heteroatoms. The van der Waals surface area contributed by atoms with Gasteiger partial charge in [0.15, 0.2) is 5.96 Å². The lowest BCUT2D eigenvalue weighted by Gasteiger charge is -2.35. The topological polar surface area (TPSA) is 120 Å². The number of hydrogen-bond donors (Lipinski definition) is 2. The molecule has 3 rings (SSSR count). The molecule has 1 saturated heterocycles. The van der Waals surface area contributed by atoms with E-state index in [0.717, 1.165) is 11.5 Å². The average molecular weight is 449 g/mol. The van der Waals surface area contributed by atoms with Gasteiger partial charge in [0.05, 0.1) is 12.2 Å². The third-order valence-corrected chi connectivity index (χ3v) is 6.73. The van der Waals surface area contributed by atoms with Crippen molar-refractivity contribution in [1.29, 1.82) is 0 Å². The van der Waals surface area contributed by atoms with E-state index in [1.165, 1.54) is 10.6 Å². The number of rotatable bonds is 7. The molecule has 0 atom stereocenters. The molecule has 168 valence electrons. The summed E-state index contributed by atoms with van der Waals surface area (Å²) in [5.74, 6) is 0.418. The van der Waals surface area contributed by atoms with Gasteiger partial charge in [0.25, 0.3) is 5.91 Å². The van der Waals surface area contributed by atoms with Gasteiger partial charge >= 0.3 is 0 Å². The molecule has 1 aliphatic heterocycles. The first-order valence-electron chi connectivity index (χ1n) is 10.1. The molecule has 0 saturated carbocycles. The van der Waals surface area contributed by atoms with E-state index in [2.05, 4.69) is 15.8 Å². The van der Waals surface area contributed by atoms with E-state index in [4.69, 9.17) is 9.52 Å². The molecule has 0 radical (unpaired) electrons. The number of amides is 1. The predicted molar refractivity (Wildman–Crippen MR) is 117 cm³/mol. The van der Waals surface area contributed by atoms with E-state index in [0.29, 0.717) is 50.5 Å². The number of nitrogens with zero attached hydrogens (tertiary/aromatic N) is 4. The van der Waals surface area contributed by atoms with Crippen molar-refractivity contribution in [2.45, 2.75) is 19.2 Å². The highest BCUT2D eigenvalue weighted by Gasteiger charge is 2.29. The third kappa shape index (κ3) is 6.05. The van der Waals surface area contributed by atoms with Gasteiger partial charge in [-0.2, -0.15) is 4.31 Å². The first-order chi connectivity index (χ1) is 14.9. The predicted octanol–water partition coefficient (Wildman–Crippen LogP) is 0.647. The van der Waals surface area contributed by atoms with Crippen LogP contribution in [0, 0.1) is 0 Å². The fourth-order valence-corrected chi connectivity index (χ4v) is 4.74. The molecular weight excluding hydrogens is 420 g/mol. The van der Waals surface area contributed by atoms with Crippen LogP contribution in [0.4, 0.5) is 0 Å². The zero-order valence-corrected chi connectivity index (χ0v) is 18.6. The summed E-state index contributed by atoms with van der Waals surface area (Å²) in [5, 5.41) is 9.58. The largest absolute Gasteiger partial charge is 0.364 e. The van der Waals surface area contributed by atoms with Gasteiger partial charge in [-0.1, -0.05) is 17.3 Å². The van der Waals surface area contributed by atoms with Crippen LogP contribution in [0.5, 0.6) is 0 Å². The molecule has 0 spiro atoms. The minimum atomic E-state index is -3.45. The first kappa shape index (κ1) is 22.8. The Morgan fingerprint density at radius 1 is 1.23 bits per heavy atom. The van der Waals surface area contributed by atoms with E-state index in [-0.39, 0.29) is 11.7 Å². The lowest BCUT2D eigenvalue weighted by Crippen LogP contribution is -2.53. The molecule has 31 heavy (non-hydrogen) atoms. The molecule has 2 heterocycles. The maximum absolute atomic E-state index is 12.6. The second kappa shape index (κ2) is 10.4. The smallest absolute Gasteiger partial charge is 0.251 e. The van der Waals surface area contributed by atoms with Crippen molar-refractivity contribution in [2.24, 2.45) is 4.99 Å². The SMILES string of the molecule is CCNC(=NCc1cccc(C(=O)NC)c1)N1CCN(S(=O)(=O)Cc2ccon2)CC1. The molecule has 0 unspecified atom stereocenters. The fourth-order valence-electron chi connectivity index (χ4n) is 3.32. The average Bonchev–Trinajstić information content (AvgIpc) is 3.28. The van der Waals surface area contributed by atoms with Crippen LogP contribution < -0.4 is 10.6 Å². The van der Waals surface area contributed by atoms with Gasteiger partial charge < -0.3 is 20.1 Å². The van der Waals surface area contributed by atoms with Crippen molar-refractivity contribution in [3.63, 3.8) is 0 Å². The van der Waals surface area contributed by atoms with Gasteiger partial charge in [-0.15, -0.1) is 0 Å². The summed E-state index contributed by atoms with van der Waals surface area (Å²) >= 11 is 0. The van der Waals surface area contributed by atoms with Crippen molar-refractivity contribution >= 4 is 21.9 Å². The highest BCUT2D eigenvalue weighted by molar-refractivity contribution is 7.88. The van der Waals surface area contributed by atoms with Crippen LogP contribution in [-0.2, 0) is 22.3 Å². The van der Waals surface area contributed by atoms with Crippen LogP contribution in [0.15, 0.2) is 46.1 Å². The summed E-state index contributed by atoms with van der Waals surface area (Å²) in [4.78, 5) is 18.6. The maximum Gasteiger partial charge on any atom is 0.251 e. The van der Waals surface area contributed by atoms with E-state index < -0.39 is 10.0 Å². The van der Waals surface area contributed by atoms with Gasteiger partial charge in [-0.3, -0.25) is 4.79 Å². The maximum atomic E-state index is 12.6. The number of guanidine groups is 1. The van der Waals surface area contributed by atoms with Gasteiger partial charge in [-0.25, -0.2) is 13.4 Å². The normalized spacial score (nSPS) is 15.7. The van der Waals surface area contributed by atoms with Gasteiger partial charge in [-0.05, 0) is 24.6 Å². The van der Waals surface area contributed by atoms with Crippen LogP contribution in [0.3, 0.4) is 0 Å². The minimum absolute atomic E-state index is 0.138. The Kier molecular flexibility index (Phi) is 7.64. The minimum Gasteiger partial charge on any atom is -0.364 e. The van der Waals surface area contributed by atoms with E-state index >= 15 is 0 Å². The number of benzene rings is 1. The highest BCUT2D eigenvalue weighted by atomic mass is 32.2.